The third-order valence-electron chi connectivity index (χ3n) is 3.58. The molecule has 0 spiro atoms. The molecule has 1 saturated heterocycles. The van der Waals surface area contributed by atoms with Crippen molar-refractivity contribution in [1.29, 1.82) is 0 Å². The van der Waals surface area contributed by atoms with Crippen LogP contribution in [0.25, 0.3) is 0 Å². The van der Waals surface area contributed by atoms with E-state index < -0.39 is 0 Å². The molecule has 2 nitrogen and oxygen atoms in total. The fourth-order valence-electron chi connectivity index (χ4n) is 2.65. The summed E-state index contributed by atoms with van der Waals surface area (Å²) in [7, 11) is 0. The van der Waals surface area contributed by atoms with E-state index in [1.54, 1.807) is 0 Å². The molecule has 1 aromatic carbocycles. The van der Waals surface area contributed by atoms with Gasteiger partial charge in [-0.2, -0.15) is 0 Å². The van der Waals surface area contributed by atoms with Crippen LogP contribution in [0.5, 0.6) is 0 Å². The molecular formula is C15H24N2. The fraction of sp³-hybridized carbons (Fsp3) is 0.600. The van der Waals surface area contributed by atoms with E-state index in [9.17, 15) is 0 Å². The van der Waals surface area contributed by atoms with Crippen LogP contribution in [-0.2, 0) is 6.42 Å². The maximum Gasteiger partial charge on any atom is 0.0398 e. The molecule has 0 radical (unpaired) electrons. The summed E-state index contributed by atoms with van der Waals surface area (Å²) in [6, 6.07) is 6.86. The second-order valence-corrected chi connectivity index (χ2v) is 5.07. The van der Waals surface area contributed by atoms with Crippen LogP contribution in [0, 0.1) is 6.92 Å². The highest BCUT2D eigenvalue weighted by Crippen LogP contribution is 2.26. The van der Waals surface area contributed by atoms with Gasteiger partial charge in [-0.1, -0.05) is 17.7 Å². The number of hydrogen-bond acceptors (Lipinski definition) is 2. The normalized spacial score (nSPS) is 16.2. The highest BCUT2D eigenvalue weighted by atomic mass is 15.1. The van der Waals surface area contributed by atoms with Gasteiger partial charge in [0, 0.05) is 18.8 Å². The predicted octanol–water partition coefficient (Wildman–Crippen LogP) is 2.88. The van der Waals surface area contributed by atoms with Crippen LogP contribution in [0.2, 0.25) is 0 Å². The summed E-state index contributed by atoms with van der Waals surface area (Å²) >= 11 is 0. The first-order chi connectivity index (χ1) is 8.31. The number of anilines is 1. The zero-order valence-corrected chi connectivity index (χ0v) is 10.9. The van der Waals surface area contributed by atoms with E-state index in [2.05, 4.69) is 30.0 Å². The molecule has 0 bridgehead atoms. The van der Waals surface area contributed by atoms with E-state index in [1.165, 1.54) is 49.2 Å². The molecule has 94 valence electrons. The van der Waals surface area contributed by atoms with E-state index in [0.717, 1.165) is 19.4 Å². The molecule has 1 aliphatic rings. The number of benzene rings is 1. The first-order valence-corrected chi connectivity index (χ1v) is 6.86. The first kappa shape index (κ1) is 12.4. The zero-order chi connectivity index (χ0) is 12.1. The maximum atomic E-state index is 5.63. The van der Waals surface area contributed by atoms with Gasteiger partial charge in [-0.15, -0.1) is 0 Å². The highest BCUT2D eigenvalue weighted by molar-refractivity contribution is 5.55. The van der Waals surface area contributed by atoms with Gasteiger partial charge in [0.25, 0.3) is 0 Å². The van der Waals surface area contributed by atoms with Gasteiger partial charge in [-0.05, 0) is 57.2 Å². The lowest BCUT2D eigenvalue weighted by atomic mass is 10.0. The Morgan fingerprint density at radius 1 is 1.18 bits per heavy atom. The monoisotopic (exact) mass is 232 g/mol. The summed E-state index contributed by atoms with van der Waals surface area (Å²) < 4.78 is 0. The summed E-state index contributed by atoms with van der Waals surface area (Å²) in [4.78, 5) is 2.55. The molecule has 0 aromatic heterocycles. The molecule has 0 amide bonds. The van der Waals surface area contributed by atoms with E-state index in [-0.39, 0.29) is 0 Å². The Morgan fingerprint density at radius 3 is 2.65 bits per heavy atom. The third-order valence-corrected chi connectivity index (χ3v) is 3.58. The summed E-state index contributed by atoms with van der Waals surface area (Å²) in [5.74, 6) is 0. The van der Waals surface area contributed by atoms with Crippen molar-refractivity contribution in [2.75, 3.05) is 24.5 Å². The molecule has 0 aliphatic carbocycles. The van der Waals surface area contributed by atoms with Gasteiger partial charge < -0.3 is 10.6 Å². The van der Waals surface area contributed by atoms with Gasteiger partial charge in [0.05, 0.1) is 0 Å². The molecule has 1 fully saturated rings. The Kier molecular flexibility index (Phi) is 4.43. The SMILES string of the molecule is Cc1ccc(N2CCCCC2)c(CCCN)c1. The van der Waals surface area contributed by atoms with Crippen LogP contribution in [0.3, 0.4) is 0 Å². The zero-order valence-electron chi connectivity index (χ0n) is 10.9. The smallest absolute Gasteiger partial charge is 0.0398 e. The topological polar surface area (TPSA) is 29.3 Å². The van der Waals surface area contributed by atoms with E-state index in [0.29, 0.717) is 0 Å². The van der Waals surface area contributed by atoms with E-state index in [4.69, 9.17) is 5.73 Å². The van der Waals surface area contributed by atoms with Crippen molar-refractivity contribution in [2.24, 2.45) is 5.73 Å². The Labute approximate surface area is 105 Å². The molecule has 17 heavy (non-hydrogen) atoms. The summed E-state index contributed by atoms with van der Waals surface area (Å²) in [6.45, 7) is 5.40. The number of hydrogen-bond donors (Lipinski definition) is 1. The van der Waals surface area contributed by atoms with Crippen molar-refractivity contribution in [1.82, 2.24) is 0 Å². The lowest BCUT2D eigenvalue weighted by Crippen LogP contribution is -2.30. The summed E-state index contributed by atoms with van der Waals surface area (Å²) in [6.07, 6.45) is 6.27. The average Bonchev–Trinajstić information content (AvgIpc) is 2.37. The van der Waals surface area contributed by atoms with Crippen LogP contribution in [-0.4, -0.2) is 19.6 Å². The Morgan fingerprint density at radius 2 is 1.94 bits per heavy atom. The standard InChI is InChI=1S/C15H24N2/c1-13-7-8-15(14(12-13)6-5-9-16)17-10-3-2-4-11-17/h7-8,12H,2-6,9-11,16H2,1H3. The first-order valence-electron chi connectivity index (χ1n) is 6.86. The number of aryl methyl sites for hydroxylation is 2. The lowest BCUT2D eigenvalue weighted by Gasteiger charge is -2.31. The molecule has 0 unspecified atom stereocenters. The highest BCUT2D eigenvalue weighted by Gasteiger charge is 2.14. The number of rotatable bonds is 4. The van der Waals surface area contributed by atoms with Crippen molar-refractivity contribution in [3.8, 4) is 0 Å². The Hall–Kier alpha value is -1.02. The van der Waals surface area contributed by atoms with Gasteiger partial charge >= 0.3 is 0 Å². The molecule has 1 heterocycles. The van der Waals surface area contributed by atoms with Gasteiger partial charge in [0.15, 0.2) is 0 Å². The van der Waals surface area contributed by atoms with Crippen molar-refractivity contribution in [3.05, 3.63) is 29.3 Å². The van der Waals surface area contributed by atoms with Gasteiger partial charge in [0.1, 0.15) is 0 Å². The van der Waals surface area contributed by atoms with Crippen LogP contribution in [0.4, 0.5) is 5.69 Å². The quantitative estimate of drug-likeness (QED) is 0.865. The molecular weight excluding hydrogens is 208 g/mol. The second kappa shape index (κ2) is 6.06. The Bertz CT molecular complexity index is 354. The van der Waals surface area contributed by atoms with Gasteiger partial charge in [-0.3, -0.25) is 0 Å². The summed E-state index contributed by atoms with van der Waals surface area (Å²) in [5, 5.41) is 0. The average molecular weight is 232 g/mol. The van der Waals surface area contributed by atoms with Crippen LogP contribution in [0.15, 0.2) is 18.2 Å². The fourth-order valence-corrected chi connectivity index (χ4v) is 2.65. The minimum atomic E-state index is 0.785. The van der Waals surface area contributed by atoms with Crippen LogP contribution in [0.1, 0.15) is 36.8 Å². The molecule has 2 rings (SSSR count). The minimum Gasteiger partial charge on any atom is -0.371 e. The third kappa shape index (κ3) is 3.22. The lowest BCUT2D eigenvalue weighted by molar-refractivity contribution is 0.576. The molecule has 2 heteroatoms. The van der Waals surface area contributed by atoms with Gasteiger partial charge in [-0.25, -0.2) is 0 Å². The van der Waals surface area contributed by atoms with Crippen molar-refractivity contribution in [3.63, 3.8) is 0 Å². The number of piperidine rings is 1. The molecule has 0 atom stereocenters. The van der Waals surface area contributed by atoms with Crippen LogP contribution >= 0.6 is 0 Å². The number of nitrogens with zero attached hydrogens (tertiary/aromatic N) is 1. The van der Waals surface area contributed by atoms with E-state index in [1.807, 2.05) is 0 Å². The van der Waals surface area contributed by atoms with Crippen molar-refractivity contribution >= 4 is 5.69 Å². The van der Waals surface area contributed by atoms with Crippen molar-refractivity contribution < 1.29 is 0 Å². The second-order valence-electron chi connectivity index (χ2n) is 5.07. The maximum absolute atomic E-state index is 5.63. The Balaban J connectivity index is 2.18. The largest absolute Gasteiger partial charge is 0.371 e. The molecule has 1 aromatic rings. The van der Waals surface area contributed by atoms with Crippen LogP contribution < -0.4 is 10.6 Å². The molecule has 1 aliphatic heterocycles. The number of nitrogens with two attached hydrogens (primary N) is 1. The predicted molar refractivity (Wildman–Crippen MR) is 74.6 cm³/mol. The summed E-state index contributed by atoms with van der Waals surface area (Å²) in [5.41, 5.74) is 9.92. The molecule has 2 N–H and O–H groups in total. The van der Waals surface area contributed by atoms with E-state index >= 15 is 0 Å². The van der Waals surface area contributed by atoms with Crippen molar-refractivity contribution in [2.45, 2.75) is 39.0 Å². The molecule has 0 saturated carbocycles. The minimum absolute atomic E-state index is 0.785. The van der Waals surface area contributed by atoms with Gasteiger partial charge in [0.2, 0.25) is 0 Å².